The van der Waals surface area contributed by atoms with Gasteiger partial charge in [-0.2, -0.15) is 0 Å². The number of rotatable bonds is 2. The van der Waals surface area contributed by atoms with E-state index in [1.165, 1.54) is 0 Å². The lowest BCUT2D eigenvalue weighted by atomic mass is 10.1. The molecule has 1 saturated heterocycles. The van der Waals surface area contributed by atoms with Crippen molar-refractivity contribution in [2.45, 2.75) is 24.4 Å². The summed E-state index contributed by atoms with van der Waals surface area (Å²) in [6.07, 6.45) is -1.80. The highest BCUT2D eigenvalue weighted by Crippen LogP contribution is 2.26. The Morgan fingerprint density at radius 3 is 2.64 bits per heavy atom. The van der Waals surface area contributed by atoms with E-state index in [0.29, 0.717) is 0 Å². The highest BCUT2D eigenvalue weighted by atomic mass is 16.7. The molecule has 0 saturated carbocycles. The van der Waals surface area contributed by atoms with Crippen molar-refractivity contribution < 1.29 is 24.9 Å². The maximum atomic E-state index is 10.2. The van der Waals surface area contributed by atoms with Gasteiger partial charge in [-0.05, 0) is 0 Å². The number of aliphatic hydroxyl groups is 3. The standard InChI is InChI=1S/C6H10O5/c7-2-5-4(9)1-6(10,3-8)11-5/h3-5,7,9-10H,1-2H2/t4-,5+,6+/m0/s1. The second kappa shape index (κ2) is 2.86. The van der Waals surface area contributed by atoms with E-state index in [1.54, 1.807) is 0 Å². The number of aliphatic hydroxyl groups excluding tert-OH is 2. The summed E-state index contributed by atoms with van der Waals surface area (Å²) in [7, 11) is 0. The molecule has 0 amide bonds. The predicted octanol–water partition coefficient (Wildman–Crippen LogP) is -1.98. The smallest absolute Gasteiger partial charge is 0.226 e. The molecule has 0 unspecified atom stereocenters. The minimum absolute atomic E-state index is 0.179. The Bertz CT molecular complexity index is 159. The molecule has 1 aliphatic heterocycles. The van der Waals surface area contributed by atoms with Crippen LogP contribution in [-0.4, -0.2) is 46.2 Å². The van der Waals surface area contributed by atoms with Crippen LogP contribution < -0.4 is 0 Å². The SMILES string of the molecule is O=C[C@@]1(O)C[C@H](O)[C@@H](CO)O1. The van der Waals surface area contributed by atoms with E-state index in [0.717, 1.165) is 0 Å². The molecule has 1 fully saturated rings. The molecule has 0 bridgehead atoms. The number of aldehydes is 1. The zero-order valence-electron chi connectivity index (χ0n) is 5.80. The van der Waals surface area contributed by atoms with Crippen molar-refractivity contribution in [3.05, 3.63) is 0 Å². The van der Waals surface area contributed by atoms with Crippen molar-refractivity contribution >= 4 is 6.29 Å². The summed E-state index contributed by atoms with van der Waals surface area (Å²) in [4.78, 5) is 10.2. The second-order valence-electron chi connectivity index (χ2n) is 2.57. The molecule has 5 heteroatoms. The number of hydrogen-bond donors (Lipinski definition) is 3. The van der Waals surface area contributed by atoms with E-state index in [1.807, 2.05) is 0 Å². The molecule has 5 nitrogen and oxygen atoms in total. The molecule has 1 aliphatic rings. The minimum atomic E-state index is -1.91. The summed E-state index contributed by atoms with van der Waals surface area (Å²) in [6, 6.07) is 0. The molecule has 3 atom stereocenters. The number of ether oxygens (including phenoxy) is 1. The van der Waals surface area contributed by atoms with Gasteiger partial charge in [-0.1, -0.05) is 0 Å². The van der Waals surface area contributed by atoms with Crippen LogP contribution in [0.1, 0.15) is 6.42 Å². The fraction of sp³-hybridized carbons (Fsp3) is 0.833. The molecule has 0 aromatic heterocycles. The molecule has 3 N–H and O–H groups in total. The average Bonchev–Trinajstić information content (AvgIpc) is 2.27. The van der Waals surface area contributed by atoms with Crippen molar-refractivity contribution in [1.82, 2.24) is 0 Å². The highest BCUT2D eigenvalue weighted by molar-refractivity contribution is 5.60. The van der Waals surface area contributed by atoms with Crippen molar-refractivity contribution in [2.24, 2.45) is 0 Å². The van der Waals surface area contributed by atoms with Crippen molar-refractivity contribution in [2.75, 3.05) is 6.61 Å². The summed E-state index contributed by atoms with van der Waals surface area (Å²) in [5.74, 6) is -1.91. The number of hydrogen-bond acceptors (Lipinski definition) is 5. The summed E-state index contributed by atoms with van der Waals surface area (Å²) in [5.41, 5.74) is 0. The zero-order valence-corrected chi connectivity index (χ0v) is 5.80. The summed E-state index contributed by atoms with van der Waals surface area (Å²) >= 11 is 0. The van der Waals surface area contributed by atoms with Crippen LogP contribution in [0, 0.1) is 0 Å². The van der Waals surface area contributed by atoms with E-state index < -0.39 is 24.6 Å². The van der Waals surface area contributed by atoms with Crippen LogP contribution >= 0.6 is 0 Å². The first-order valence-electron chi connectivity index (χ1n) is 3.27. The van der Waals surface area contributed by atoms with Crippen LogP contribution in [0.3, 0.4) is 0 Å². The topological polar surface area (TPSA) is 87.0 Å². The van der Waals surface area contributed by atoms with Gasteiger partial charge < -0.3 is 20.1 Å². The molecule has 0 aromatic rings. The molecule has 0 aliphatic carbocycles. The first-order chi connectivity index (χ1) is 5.11. The van der Waals surface area contributed by atoms with E-state index >= 15 is 0 Å². The Balaban J connectivity index is 2.62. The third kappa shape index (κ3) is 1.57. The van der Waals surface area contributed by atoms with E-state index in [4.69, 9.17) is 15.3 Å². The third-order valence-corrected chi connectivity index (χ3v) is 1.65. The van der Waals surface area contributed by atoms with Gasteiger partial charge in [0.1, 0.15) is 6.10 Å². The van der Waals surface area contributed by atoms with Gasteiger partial charge in [0.15, 0.2) is 6.29 Å². The van der Waals surface area contributed by atoms with E-state index in [2.05, 4.69) is 4.74 Å². The fourth-order valence-corrected chi connectivity index (χ4v) is 1.05. The molecule has 0 spiro atoms. The lowest BCUT2D eigenvalue weighted by Gasteiger charge is -2.14. The second-order valence-corrected chi connectivity index (χ2v) is 2.57. The van der Waals surface area contributed by atoms with Crippen molar-refractivity contribution in [3.63, 3.8) is 0 Å². The van der Waals surface area contributed by atoms with Crippen LogP contribution in [0.2, 0.25) is 0 Å². The Hall–Kier alpha value is -0.490. The van der Waals surface area contributed by atoms with Crippen LogP contribution in [0.25, 0.3) is 0 Å². The van der Waals surface area contributed by atoms with Gasteiger partial charge in [0.25, 0.3) is 0 Å². The zero-order chi connectivity index (χ0) is 8.48. The minimum Gasteiger partial charge on any atom is -0.394 e. The summed E-state index contributed by atoms with van der Waals surface area (Å²) in [6.45, 7) is -0.405. The molecular formula is C6H10O5. The summed E-state index contributed by atoms with van der Waals surface area (Å²) < 4.78 is 4.65. The maximum Gasteiger partial charge on any atom is 0.226 e. The maximum absolute atomic E-state index is 10.2. The van der Waals surface area contributed by atoms with Gasteiger partial charge in [-0.15, -0.1) is 0 Å². The quantitative estimate of drug-likeness (QED) is 0.409. The molecule has 11 heavy (non-hydrogen) atoms. The third-order valence-electron chi connectivity index (χ3n) is 1.65. The van der Waals surface area contributed by atoms with Gasteiger partial charge >= 0.3 is 0 Å². The van der Waals surface area contributed by atoms with Crippen molar-refractivity contribution in [3.8, 4) is 0 Å². The lowest BCUT2D eigenvalue weighted by Crippen LogP contribution is -2.31. The normalized spacial score (nSPS) is 44.3. The highest BCUT2D eigenvalue weighted by Gasteiger charge is 2.44. The van der Waals surface area contributed by atoms with Crippen LogP contribution in [0.4, 0.5) is 0 Å². The van der Waals surface area contributed by atoms with Crippen LogP contribution in [-0.2, 0) is 9.53 Å². The van der Waals surface area contributed by atoms with E-state index in [-0.39, 0.29) is 12.7 Å². The van der Waals surface area contributed by atoms with Gasteiger partial charge in [-0.3, -0.25) is 4.79 Å². The van der Waals surface area contributed by atoms with Gasteiger partial charge in [0.05, 0.1) is 12.7 Å². The van der Waals surface area contributed by atoms with Crippen molar-refractivity contribution in [1.29, 1.82) is 0 Å². The Kier molecular flexibility index (Phi) is 2.24. The molecule has 1 rings (SSSR count). The van der Waals surface area contributed by atoms with Gasteiger partial charge in [0, 0.05) is 6.42 Å². The monoisotopic (exact) mass is 162 g/mol. The number of carbonyl (C=O) groups excluding carboxylic acids is 1. The number of carbonyl (C=O) groups is 1. The first-order valence-corrected chi connectivity index (χ1v) is 3.27. The Morgan fingerprint density at radius 1 is 1.73 bits per heavy atom. The van der Waals surface area contributed by atoms with Gasteiger partial charge in [0.2, 0.25) is 5.79 Å². The van der Waals surface area contributed by atoms with Gasteiger partial charge in [-0.25, -0.2) is 0 Å². The fourth-order valence-electron chi connectivity index (χ4n) is 1.05. The Morgan fingerprint density at radius 2 is 2.36 bits per heavy atom. The summed E-state index contributed by atoms with van der Waals surface area (Å²) in [5, 5.41) is 26.7. The molecule has 0 aromatic carbocycles. The largest absolute Gasteiger partial charge is 0.394 e. The molecule has 1 heterocycles. The first kappa shape index (κ1) is 8.61. The van der Waals surface area contributed by atoms with E-state index in [9.17, 15) is 4.79 Å². The van der Waals surface area contributed by atoms with Crippen LogP contribution in [0.15, 0.2) is 0 Å². The molecule has 0 radical (unpaired) electrons. The lowest BCUT2D eigenvalue weighted by molar-refractivity contribution is -0.190. The predicted molar refractivity (Wildman–Crippen MR) is 33.6 cm³/mol. The Labute approximate surface area is 63.2 Å². The molecular weight excluding hydrogens is 152 g/mol. The molecule has 64 valence electrons. The van der Waals surface area contributed by atoms with Crippen LogP contribution in [0.5, 0.6) is 0 Å². The average molecular weight is 162 g/mol.